The molecule has 1 amide bonds. The Morgan fingerprint density at radius 3 is 2.83 bits per heavy atom. The summed E-state index contributed by atoms with van der Waals surface area (Å²) in [6.07, 6.45) is 1.86. The number of rotatable bonds is 5. The number of aryl methyl sites for hydroxylation is 1. The SMILES string of the molecule is CCCc1nc2ccccc2n1CC(N)C(N)=O. The van der Waals surface area contributed by atoms with Crippen LogP contribution in [0.15, 0.2) is 24.3 Å². The maximum absolute atomic E-state index is 11.1. The molecule has 5 nitrogen and oxygen atoms in total. The monoisotopic (exact) mass is 246 g/mol. The van der Waals surface area contributed by atoms with Gasteiger partial charge in [-0.1, -0.05) is 19.1 Å². The Morgan fingerprint density at radius 2 is 2.17 bits per heavy atom. The van der Waals surface area contributed by atoms with E-state index in [0.717, 1.165) is 29.7 Å². The van der Waals surface area contributed by atoms with Crippen molar-refractivity contribution in [2.45, 2.75) is 32.4 Å². The third-order valence-corrected chi connectivity index (χ3v) is 2.95. The number of nitrogens with zero attached hydrogens (tertiary/aromatic N) is 2. The van der Waals surface area contributed by atoms with Crippen molar-refractivity contribution in [1.82, 2.24) is 9.55 Å². The van der Waals surface area contributed by atoms with Gasteiger partial charge in [-0.3, -0.25) is 4.79 Å². The Morgan fingerprint density at radius 1 is 1.44 bits per heavy atom. The fraction of sp³-hybridized carbons (Fsp3) is 0.385. The number of primary amides is 1. The summed E-state index contributed by atoms with van der Waals surface area (Å²) < 4.78 is 1.99. The Bertz CT molecular complexity index is 561. The van der Waals surface area contributed by atoms with Gasteiger partial charge in [-0.25, -0.2) is 4.98 Å². The van der Waals surface area contributed by atoms with Gasteiger partial charge >= 0.3 is 0 Å². The van der Waals surface area contributed by atoms with Gasteiger partial charge < -0.3 is 16.0 Å². The van der Waals surface area contributed by atoms with E-state index >= 15 is 0 Å². The topological polar surface area (TPSA) is 86.9 Å². The van der Waals surface area contributed by atoms with Gasteiger partial charge in [0.05, 0.1) is 11.0 Å². The van der Waals surface area contributed by atoms with E-state index in [4.69, 9.17) is 11.5 Å². The molecule has 1 unspecified atom stereocenters. The number of nitrogens with two attached hydrogens (primary N) is 2. The van der Waals surface area contributed by atoms with Crippen LogP contribution in [0.25, 0.3) is 11.0 Å². The molecule has 18 heavy (non-hydrogen) atoms. The number of para-hydroxylation sites is 2. The summed E-state index contributed by atoms with van der Waals surface area (Å²) in [5.41, 5.74) is 12.9. The Labute approximate surface area is 106 Å². The van der Waals surface area contributed by atoms with Crippen molar-refractivity contribution >= 4 is 16.9 Å². The van der Waals surface area contributed by atoms with Crippen LogP contribution >= 0.6 is 0 Å². The summed E-state index contributed by atoms with van der Waals surface area (Å²) in [6.45, 7) is 2.48. The van der Waals surface area contributed by atoms with Gasteiger partial charge in [-0.05, 0) is 18.6 Å². The minimum absolute atomic E-state index is 0.380. The molecular formula is C13H18N4O. The van der Waals surface area contributed by atoms with E-state index in [9.17, 15) is 4.79 Å². The van der Waals surface area contributed by atoms with Crippen molar-refractivity contribution < 1.29 is 4.79 Å². The second-order valence-electron chi connectivity index (χ2n) is 4.39. The van der Waals surface area contributed by atoms with E-state index in [2.05, 4.69) is 11.9 Å². The summed E-state index contributed by atoms with van der Waals surface area (Å²) in [4.78, 5) is 15.7. The number of carbonyl (C=O) groups excluding carboxylic acids is 1. The molecule has 0 radical (unpaired) electrons. The summed E-state index contributed by atoms with van der Waals surface area (Å²) in [6, 6.07) is 7.16. The average molecular weight is 246 g/mol. The second kappa shape index (κ2) is 5.18. The third-order valence-electron chi connectivity index (χ3n) is 2.95. The number of fused-ring (bicyclic) bond motifs is 1. The highest BCUT2D eigenvalue weighted by atomic mass is 16.1. The number of hydrogen-bond acceptors (Lipinski definition) is 3. The predicted molar refractivity (Wildman–Crippen MR) is 70.9 cm³/mol. The lowest BCUT2D eigenvalue weighted by Crippen LogP contribution is -2.40. The van der Waals surface area contributed by atoms with E-state index in [0.29, 0.717) is 6.54 Å². The normalized spacial score (nSPS) is 12.8. The van der Waals surface area contributed by atoms with Crippen LogP contribution in [0.3, 0.4) is 0 Å². The molecule has 0 aliphatic heterocycles. The van der Waals surface area contributed by atoms with Gasteiger partial charge in [0, 0.05) is 13.0 Å². The summed E-state index contributed by atoms with van der Waals surface area (Å²) in [5, 5.41) is 0. The zero-order valence-electron chi connectivity index (χ0n) is 10.5. The molecule has 0 fully saturated rings. The first-order valence-electron chi connectivity index (χ1n) is 6.12. The van der Waals surface area contributed by atoms with Gasteiger partial charge in [-0.15, -0.1) is 0 Å². The Kier molecular flexibility index (Phi) is 3.62. The zero-order chi connectivity index (χ0) is 13.1. The van der Waals surface area contributed by atoms with Crippen LogP contribution in [0.4, 0.5) is 0 Å². The zero-order valence-corrected chi connectivity index (χ0v) is 10.5. The molecular weight excluding hydrogens is 228 g/mol. The molecule has 0 aliphatic carbocycles. The number of benzene rings is 1. The highest BCUT2D eigenvalue weighted by Crippen LogP contribution is 2.17. The van der Waals surface area contributed by atoms with Crippen LogP contribution in [0, 0.1) is 0 Å². The first-order chi connectivity index (χ1) is 8.63. The summed E-state index contributed by atoms with van der Waals surface area (Å²) >= 11 is 0. The lowest BCUT2D eigenvalue weighted by atomic mass is 10.2. The van der Waals surface area contributed by atoms with Gasteiger partial charge in [0.25, 0.3) is 0 Å². The molecule has 0 aliphatic rings. The average Bonchev–Trinajstić information content (AvgIpc) is 2.68. The molecule has 5 heteroatoms. The molecule has 0 bridgehead atoms. The maximum atomic E-state index is 11.1. The molecule has 96 valence electrons. The van der Waals surface area contributed by atoms with Gasteiger partial charge in [0.15, 0.2) is 0 Å². The van der Waals surface area contributed by atoms with Crippen LogP contribution in [0.1, 0.15) is 19.2 Å². The summed E-state index contributed by atoms with van der Waals surface area (Å²) in [7, 11) is 0. The minimum Gasteiger partial charge on any atom is -0.368 e. The van der Waals surface area contributed by atoms with E-state index < -0.39 is 11.9 Å². The van der Waals surface area contributed by atoms with Crippen LogP contribution in [-0.4, -0.2) is 21.5 Å². The van der Waals surface area contributed by atoms with Gasteiger partial charge in [0.1, 0.15) is 11.9 Å². The van der Waals surface area contributed by atoms with Crippen LogP contribution in [-0.2, 0) is 17.8 Å². The molecule has 1 heterocycles. The number of amides is 1. The van der Waals surface area contributed by atoms with Crippen molar-refractivity contribution in [1.29, 1.82) is 0 Å². The van der Waals surface area contributed by atoms with Crippen LogP contribution < -0.4 is 11.5 Å². The second-order valence-corrected chi connectivity index (χ2v) is 4.39. The van der Waals surface area contributed by atoms with Crippen molar-refractivity contribution in [3.8, 4) is 0 Å². The molecule has 2 aromatic rings. The van der Waals surface area contributed by atoms with E-state index in [1.54, 1.807) is 0 Å². The number of imidazole rings is 1. The van der Waals surface area contributed by atoms with Gasteiger partial charge in [0.2, 0.25) is 5.91 Å². The number of carbonyl (C=O) groups is 1. The fourth-order valence-corrected chi connectivity index (χ4v) is 2.03. The standard InChI is InChI=1S/C13H18N4O/c1-2-5-12-16-10-6-3-4-7-11(10)17(12)8-9(14)13(15)18/h3-4,6-7,9H,2,5,8,14H2,1H3,(H2,15,18). The molecule has 0 saturated heterocycles. The Hall–Kier alpha value is -1.88. The molecule has 2 rings (SSSR count). The predicted octanol–water partition coefficient (Wildman–Crippen LogP) is 0.801. The van der Waals surface area contributed by atoms with Crippen LogP contribution in [0.2, 0.25) is 0 Å². The molecule has 0 saturated carbocycles. The molecule has 4 N–H and O–H groups in total. The summed E-state index contributed by atoms with van der Waals surface area (Å²) in [5.74, 6) is 0.464. The largest absolute Gasteiger partial charge is 0.368 e. The van der Waals surface area contributed by atoms with E-state index in [-0.39, 0.29) is 0 Å². The smallest absolute Gasteiger partial charge is 0.236 e. The van der Waals surface area contributed by atoms with Crippen molar-refractivity contribution in [3.63, 3.8) is 0 Å². The quantitative estimate of drug-likeness (QED) is 0.818. The van der Waals surface area contributed by atoms with Gasteiger partial charge in [-0.2, -0.15) is 0 Å². The third kappa shape index (κ3) is 2.36. The molecule has 1 atom stereocenters. The number of hydrogen-bond donors (Lipinski definition) is 2. The van der Waals surface area contributed by atoms with E-state index in [1.165, 1.54) is 0 Å². The van der Waals surface area contributed by atoms with E-state index in [1.807, 2.05) is 28.8 Å². The minimum atomic E-state index is -0.682. The first-order valence-corrected chi connectivity index (χ1v) is 6.12. The highest BCUT2D eigenvalue weighted by molar-refractivity contribution is 5.80. The highest BCUT2D eigenvalue weighted by Gasteiger charge is 2.15. The van der Waals surface area contributed by atoms with Crippen molar-refractivity contribution in [2.75, 3.05) is 0 Å². The Balaban J connectivity index is 2.44. The van der Waals surface area contributed by atoms with Crippen molar-refractivity contribution in [3.05, 3.63) is 30.1 Å². The molecule has 0 spiro atoms. The molecule has 1 aromatic carbocycles. The van der Waals surface area contributed by atoms with Crippen molar-refractivity contribution in [2.24, 2.45) is 11.5 Å². The van der Waals surface area contributed by atoms with Crippen LogP contribution in [0.5, 0.6) is 0 Å². The lowest BCUT2D eigenvalue weighted by molar-refractivity contribution is -0.119. The molecule has 1 aromatic heterocycles. The first kappa shape index (κ1) is 12.6. The fourth-order valence-electron chi connectivity index (χ4n) is 2.03. The lowest BCUT2D eigenvalue weighted by Gasteiger charge is -2.12. The number of aromatic nitrogens is 2. The maximum Gasteiger partial charge on any atom is 0.236 e.